The molecular formula is C5H6N4S. The minimum atomic E-state index is 1.58. The molecule has 0 saturated carbocycles. The van der Waals surface area contributed by atoms with Gasteiger partial charge in [-0.2, -0.15) is 15.4 Å². The van der Waals surface area contributed by atoms with Crippen LogP contribution in [0.5, 0.6) is 0 Å². The Bertz CT molecular complexity index is 153. The molecule has 0 aromatic carbocycles. The Morgan fingerprint density at radius 2 is 1.90 bits per heavy atom. The first-order valence-electron chi connectivity index (χ1n) is 2.62. The fourth-order valence-electron chi connectivity index (χ4n) is 0.342. The van der Waals surface area contributed by atoms with Crippen molar-refractivity contribution in [2.24, 2.45) is 0 Å². The minimum Gasteiger partial charge on any atom is -0.253 e. The van der Waals surface area contributed by atoms with E-state index in [1.165, 1.54) is 0 Å². The van der Waals surface area contributed by atoms with Gasteiger partial charge in [-0.05, 0) is 0 Å². The van der Waals surface area contributed by atoms with Gasteiger partial charge in [0.25, 0.3) is 0 Å². The topological polar surface area (TPSA) is 54.5 Å². The zero-order chi connectivity index (χ0) is 7.07. The molecule has 0 amide bonds. The number of H-pyrrole nitrogens is 1. The number of hydrogen-bond donors (Lipinski definition) is 1. The van der Waals surface area contributed by atoms with Crippen molar-refractivity contribution in [1.82, 2.24) is 20.4 Å². The van der Waals surface area contributed by atoms with Gasteiger partial charge in [0.05, 0.1) is 17.9 Å². The summed E-state index contributed by atoms with van der Waals surface area (Å²) in [5.74, 6) is 0. The van der Waals surface area contributed by atoms with E-state index in [-0.39, 0.29) is 0 Å². The molecule has 0 saturated heterocycles. The van der Waals surface area contributed by atoms with Crippen LogP contribution in [0.15, 0.2) is 29.5 Å². The van der Waals surface area contributed by atoms with Crippen molar-refractivity contribution in [3.8, 4) is 0 Å². The van der Waals surface area contributed by atoms with Gasteiger partial charge in [-0.25, -0.2) is 0 Å². The summed E-state index contributed by atoms with van der Waals surface area (Å²) in [4.78, 5) is 3.74. The van der Waals surface area contributed by atoms with Crippen molar-refractivity contribution >= 4 is 11.3 Å². The summed E-state index contributed by atoms with van der Waals surface area (Å²) in [6.07, 6.45) is 4.94. The normalized spacial score (nSPS) is 8.00. The fraction of sp³-hybridized carbons (Fsp3) is 0. The molecule has 0 aliphatic carbocycles. The zero-order valence-electron chi connectivity index (χ0n) is 5.14. The predicted molar refractivity (Wildman–Crippen MR) is 38.5 cm³/mol. The maximum Gasteiger partial charge on any atom is 0.0791 e. The second kappa shape index (κ2) is 4.63. The van der Waals surface area contributed by atoms with Crippen molar-refractivity contribution < 1.29 is 0 Å². The molecule has 4 nitrogen and oxygen atoms in total. The first kappa shape index (κ1) is 6.88. The first-order valence-corrected chi connectivity index (χ1v) is 3.56. The molecule has 0 aliphatic rings. The lowest BCUT2D eigenvalue weighted by atomic mass is 11.0. The average molecular weight is 154 g/mol. The predicted octanol–water partition coefficient (Wildman–Crippen LogP) is 0.948. The maximum atomic E-state index is 3.74. The van der Waals surface area contributed by atoms with Crippen LogP contribution in [0, 0.1) is 0 Å². The Labute approximate surface area is 61.9 Å². The van der Waals surface area contributed by atoms with Crippen LogP contribution in [-0.4, -0.2) is 20.4 Å². The van der Waals surface area contributed by atoms with Crippen molar-refractivity contribution in [3.63, 3.8) is 0 Å². The molecule has 52 valence electrons. The number of thiazole rings is 1. The van der Waals surface area contributed by atoms with E-state index in [1.807, 2.05) is 5.38 Å². The van der Waals surface area contributed by atoms with Crippen molar-refractivity contribution in [3.05, 3.63) is 29.5 Å². The second-order valence-corrected chi connectivity index (χ2v) is 2.09. The molecule has 2 rings (SSSR count). The third-order valence-electron chi connectivity index (χ3n) is 0.678. The Kier molecular flexibility index (Phi) is 3.19. The maximum absolute atomic E-state index is 3.74. The van der Waals surface area contributed by atoms with Gasteiger partial charge in [-0.1, -0.05) is 0 Å². The molecule has 2 aromatic heterocycles. The van der Waals surface area contributed by atoms with Crippen LogP contribution >= 0.6 is 11.3 Å². The van der Waals surface area contributed by atoms with E-state index in [0.29, 0.717) is 0 Å². The molecule has 0 unspecified atom stereocenters. The summed E-state index contributed by atoms with van der Waals surface area (Å²) in [5.41, 5.74) is 1.79. The highest BCUT2D eigenvalue weighted by Crippen LogP contribution is 1.85. The van der Waals surface area contributed by atoms with Gasteiger partial charge < -0.3 is 0 Å². The van der Waals surface area contributed by atoms with Crippen LogP contribution in [0.3, 0.4) is 0 Å². The average Bonchev–Trinajstić information content (AvgIpc) is 2.67. The molecule has 0 aliphatic heterocycles. The van der Waals surface area contributed by atoms with E-state index >= 15 is 0 Å². The third-order valence-corrected chi connectivity index (χ3v) is 1.20. The number of aromatic nitrogens is 4. The van der Waals surface area contributed by atoms with Crippen LogP contribution in [0.4, 0.5) is 0 Å². The summed E-state index contributed by atoms with van der Waals surface area (Å²) in [6.45, 7) is 0. The van der Waals surface area contributed by atoms with E-state index in [0.717, 1.165) is 0 Å². The smallest absolute Gasteiger partial charge is 0.0791 e. The Balaban J connectivity index is 0.0000001000. The summed E-state index contributed by atoms with van der Waals surface area (Å²) in [7, 11) is 0. The number of hydrogen-bond acceptors (Lipinski definition) is 4. The highest BCUT2D eigenvalue weighted by atomic mass is 32.1. The third kappa shape index (κ3) is 2.93. The van der Waals surface area contributed by atoms with Crippen LogP contribution < -0.4 is 0 Å². The number of aromatic amines is 1. The summed E-state index contributed by atoms with van der Waals surface area (Å²) < 4.78 is 0. The lowest BCUT2D eigenvalue weighted by Crippen LogP contribution is -1.61. The first-order chi connectivity index (χ1) is 5.00. The van der Waals surface area contributed by atoms with E-state index in [2.05, 4.69) is 20.4 Å². The second-order valence-electron chi connectivity index (χ2n) is 1.33. The van der Waals surface area contributed by atoms with Crippen LogP contribution in [0.2, 0.25) is 0 Å². The van der Waals surface area contributed by atoms with Gasteiger partial charge in [-0.15, -0.1) is 11.3 Å². The van der Waals surface area contributed by atoms with Crippen molar-refractivity contribution in [2.45, 2.75) is 0 Å². The molecule has 0 atom stereocenters. The standard InChI is InChI=1S/C3H3NS.C2H3N3/c1-2-5-3-4-1;1-2-4-5-3-1/h1-3H;1-2H,(H,3,4,5). The molecule has 0 spiro atoms. The van der Waals surface area contributed by atoms with Gasteiger partial charge in [0, 0.05) is 11.6 Å². The van der Waals surface area contributed by atoms with Gasteiger partial charge in [0.1, 0.15) is 0 Å². The highest BCUT2D eigenvalue weighted by molar-refractivity contribution is 7.07. The molecule has 2 aromatic rings. The molecule has 0 bridgehead atoms. The van der Waals surface area contributed by atoms with E-state index in [4.69, 9.17) is 0 Å². The zero-order valence-corrected chi connectivity index (χ0v) is 5.95. The molecule has 1 N–H and O–H groups in total. The largest absolute Gasteiger partial charge is 0.253 e. The lowest BCUT2D eigenvalue weighted by Gasteiger charge is -1.48. The van der Waals surface area contributed by atoms with Crippen LogP contribution in [0.25, 0.3) is 0 Å². The van der Waals surface area contributed by atoms with Crippen molar-refractivity contribution in [2.75, 3.05) is 0 Å². The molecular weight excluding hydrogens is 148 g/mol. The Hall–Kier alpha value is -1.23. The van der Waals surface area contributed by atoms with Gasteiger partial charge >= 0.3 is 0 Å². The molecule has 10 heavy (non-hydrogen) atoms. The molecule has 5 heteroatoms. The quantitative estimate of drug-likeness (QED) is 0.614. The fourth-order valence-corrected chi connectivity index (χ4v) is 0.694. The van der Waals surface area contributed by atoms with Crippen LogP contribution in [0.1, 0.15) is 0 Å². The lowest BCUT2D eigenvalue weighted by molar-refractivity contribution is 0.940. The summed E-state index contributed by atoms with van der Waals surface area (Å²) in [5, 5.41) is 11.3. The number of nitrogens with one attached hydrogen (secondary N) is 1. The van der Waals surface area contributed by atoms with E-state index in [1.54, 1.807) is 35.4 Å². The van der Waals surface area contributed by atoms with E-state index < -0.39 is 0 Å². The van der Waals surface area contributed by atoms with Gasteiger partial charge in [-0.3, -0.25) is 4.98 Å². The Morgan fingerprint density at radius 3 is 2.10 bits per heavy atom. The number of rotatable bonds is 0. The summed E-state index contributed by atoms with van der Waals surface area (Å²) >= 11 is 1.60. The number of nitrogens with zero attached hydrogens (tertiary/aromatic N) is 3. The Morgan fingerprint density at radius 1 is 1.10 bits per heavy atom. The van der Waals surface area contributed by atoms with Crippen molar-refractivity contribution in [1.29, 1.82) is 0 Å². The SMILES string of the molecule is c1cn[nH]n1.c1cscn1. The molecule has 0 fully saturated rings. The molecule has 0 radical (unpaired) electrons. The van der Waals surface area contributed by atoms with Crippen LogP contribution in [-0.2, 0) is 0 Å². The van der Waals surface area contributed by atoms with Gasteiger partial charge in [0.2, 0.25) is 0 Å². The van der Waals surface area contributed by atoms with Gasteiger partial charge in [0.15, 0.2) is 0 Å². The monoisotopic (exact) mass is 154 g/mol. The summed E-state index contributed by atoms with van der Waals surface area (Å²) in [6, 6.07) is 0. The molecule has 2 heterocycles. The van der Waals surface area contributed by atoms with E-state index in [9.17, 15) is 0 Å². The highest BCUT2D eigenvalue weighted by Gasteiger charge is 1.59. The minimum absolute atomic E-state index is 1.58.